The SMILES string of the molecule is Nc1ncnc2c1c(-c1ccc(Oc3ccccc3)cc1)cn2[C@H]1CC[C@@]2(CC1)CO2. The van der Waals surface area contributed by atoms with E-state index >= 15 is 0 Å². The van der Waals surface area contributed by atoms with Crippen molar-refractivity contribution in [3.05, 3.63) is 67.1 Å². The number of nitrogen functional groups attached to an aromatic ring is 1. The minimum Gasteiger partial charge on any atom is -0.457 e. The average molecular weight is 412 g/mol. The van der Waals surface area contributed by atoms with E-state index in [4.69, 9.17) is 15.2 Å². The van der Waals surface area contributed by atoms with E-state index in [1.165, 1.54) is 0 Å². The minimum atomic E-state index is 0.172. The number of hydrogen-bond acceptors (Lipinski definition) is 5. The van der Waals surface area contributed by atoms with E-state index in [9.17, 15) is 0 Å². The molecule has 2 N–H and O–H groups in total. The number of nitrogens with two attached hydrogens (primary N) is 1. The number of hydrogen-bond donors (Lipinski definition) is 1. The molecule has 1 aliphatic carbocycles. The van der Waals surface area contributed by atoms with Gasteiger partial charge in [0.25, 0.3) is 0 Å². The summed E-state index contributed by atoms with van der Waals surface area (Å²) < 4.78 is 13.9. The summed E-state index contributed by atoms with van der Waals surface area (Å²) in [6.07, 6.45) is 8.16. The van der Waals surface area contributed by atoms with Gasteiger partial charge in [-0.05, 0) is 55.5 Å². The normalized spacial score (nSPS) is 22.6. The first-order valence-electron chi connectivity index (χ1n) is 10.8. The van der Waals surface area contributed by atoms with E-state index in [-0.39, 0.29) is 5.60 Å². The van der Waals surface area contributed by atoms with Crippen molar-refractivity contribution in [3.63, 3.8) is 0 Å². The molecule has 2 fully saturated rings. The second kappa shape index (κ2) is 7.10. The largest absolute Gasteiger partial charge is 0.457 e. The molecule has 31 heavy (non-hydrogen) atoms. The Balaban J connectivity index is 1.34. The zero-order valence-corrected chi connectivity index (χ0v) is 17.2. The number of benzene rings is 2. The molecule has 0 unspecified atom stereocenters. The standard InChI is InChI=1S/C25H24N4O2/c26-23-22-21(17-6-8-20(9-7-17)31-19-4-2-1-3-5-19)14-29(24(22)28-16-27-23)18-10-12-25(13-11-18)15-30-25/h1-9,14,16,18H,10-13,15H2,(H2,26,27,28)/t18-,25+. The monoisotopic (exact) mass is 412 g/mol. The highest BCUT2D eigenvalue weighted by Gasteiger charge is 2.47. The summed E-state index contributed by atoms with van der Waals surface area (Å²) in [7, 11) is 0. The predicted molar refractivity (Wildman–Crippen MR) is 120 cm³/mol. The first-order chi connectivity index (χ1) is 15.2. The van der Waals surface area contributed by atoms with Crippen LogP contribution in [-0.4, -0.2) is 26.7 Å². The van der Waals surface area contributed by atoms with Crippen LogP contribution < -0.4 is 10.5 Å². The third-order valence-electron chi connectivity index (χ3n) is 6.60. The molecule has 0 bridgehead atoms. The smallest absolute Gasteiger partial charge is 0.146 e. The van der Waals surface area contributed by atoms with Crippen LogP contribution in [0.2, 0.25) is 0 Å². The average Bonchev–Trinajstić information content (AvgIpc) is 3.44. The van der Waals surface area contributed by atoms with Crippen LogP contribution in [0.5, 0.6) is 11.5 Å². The maximum Gasteiger partial charge on any atom is 0.146 e. The zero-order valence-electron chi connectivity index (χ0n) is 17.2. The molecule has 1 aliphatic heterocycles. The molecule has 0 radical (unpaired) electrons. The molecule has 3 heterocycles. The third-order valence-corrected chi connectivity index (χ3v) is 6.60. The van der Waals surface area contributed by atoms with E-state index in [1.54, 1.807) is 6.33 Å². The van der Waals surface area contributed by atoms with Gasteiger partial charge in [0.15, 0.2) is 0 Å². The molecular formula is C25H24N4O2. The van der Waals surface area contributed by atoms with E-state index in [0.29, 0.717) is 11.9 Å². The Hall–Kier alpha value is -3.38. The highest BCUT2D eigenvalue weighted by atomic mass is 16.6. The van der Waals surface area contributed by atoms with Gasteiger partial charge in [-0.25, -0.2) is 9.97 Å². The number of epoxide rings is 1. The number of para-hydroxylation sites is 1. The highest BCUT2D eigenvalue weighted by Crippen LogP contribution is 2.46. The molecule has 6 rings (SSSR count). The highest BCUT2D eigenvalue weighted by molar-refractivity contribution is 6.00. The zero-order chi connectivity index (χ0) is 20.8. The summed E-state index contributed by atoms with van der Waals surface area (Å²) in [5, 5.41) is 0.919. The quantitative estimate of drug-likeness (QED) is 0.457. The van der Waals surface area contributed by atoms with E-state index in [1.807, 2.05) is 42.5 Å². The van der Waals surface area contributed by atoms with Crippen LogP contribution in [0.25, 0.3) is 22.2 Å². The van der Waals surface area contributed by atoms with Crippen molar-refractivity contribution < 1.29 is 9.47 Å². The molecule has 156 valence electrons. The summed E-state index contributed by atoms with van der Waals surface area (Å²) in [6, 6.07) is 18.3. The van der Waals surface area contributed by atoms with Crippen LogP contribution in [0.15, 0.2) is 67.1 Å². The van der Waals surface area contributed by atoms with Crippen molar-refractivity contribution in [1.82, 2.24) is 14.5 Å². The van der Waals surface area contributed by atoms with Crippen molar-refractivity contribution in [2.24, 2.45) is 0 Å². The summed E-state index contributed by atoms with van der Waals surface area (Å²) in [6.45, 7) is 0.921. The van der Waals surface area contributed by atoms with Crippen molar-refractivity contribution in [1.29, 1.82) is 0 Å². The Morgan fingerprint density at radius 2 is 1.68 bits per heavy atom. The second-order valence-corrected chi connectivity index (χ2v) is 8.55. The molecule has 6 heteroatoms. The summed E-state index contributed by atoms with van der Waals surface area (Å²) in [5.74, 6) is 2.13. The minimum absolute atomic E-state index is 0.172. The topological polar surface area (TPSA) is 78.5 Å². The Bertz CT molecular complexity index is 1220. The predicted octanol–water partition coefficient (Wildman–Crippen LogP) is 5.36. The van der Waals surface area contributed by atoms with Gasteiger partial charge in [0.1, 0.15) is 29.3 Å². The lowest BCUT2D eigenvalue weighted by Gasteiger charge is -2.27. The molecule has 0 atom stereocenters. The van der Waals surface area contributed by atoms with Crippen LogP contribution in [0, 0.1) is 0 Å². The summed E-state index contributed by atoms with van der Waals surface area (Å²) >= 11 is 0. The molecule has 0 amide bonds. The number of ether oxygens (including phenoxy) is 2. The Morgan fingerprint density at radius 3 is 2.39 bits per heavy atom. The van der Waals surface area contributed by atoms with Gasteiger partial charge in [0.05, 0.1) is 17.6 Å². The van der Waals surface area contributed by atoms with Gasteiger partial charge in [-0.2, -0.15) is 0 Å². The van der Waals surface area contributed by atoms with Gasteiger partial charge < -0.3 is 19.8 Å². The van der Waals surface area contributed by atoms with Gasteiger partial charge in [-0.15, -0.1) is 0 Å². The van der Waals surface area contributed by atoms with Crippen LogP contribution >= 0.6 is 0 Å². The van der Waals surface area contributed by atoms with Crippen molar-refractivity contribution >= 4 is 16.9 Å². The number of anilines is 1. The van der Waals surface area contributed by atoms with Gasteiger partial charge in [0.2, 0.25) is 0 Å². The second-order valence-electron chi connectivity index (χ2n) is 8.55. The first-order valence-corrected chi connectivity index (χ1v) is 10.8. The lowest BCUT2D eigenvalue weighted by molar-refractivity contribution is 0.202. The van der Waals surface area contributed by atoms with Crippen LogP contribution in [-0.2, 0) is 4.74 Å². The number of nitrogens with zero attached hydrogens (tertiary/aromatic N) is 3. The Labute approximate surface area is 180 Å². The molecule has 2 aromatic carbocycles. The van der Waals surface area contributed by atoms with E-state index < -0.39 is 0 Å². The molecule has 2 aliphatic rings. The molecular weight excluding hydrogens is 388 g/mol. The molecule has 6 nitrogen and oxygen atoms in total. The molecule has 4 aromatic rings. The van der Waals surface area contributed by atoms with E-state index in [0.717, 1.165) is 65.9 Å². The van der Waals surface area contributed by atoms with Gasteiger partial charge in [-0.1, -0.05) is 30.3 Å². The number of rotatable bonds is 4. The number of aromatic nitrogens is 3. The van der Waals surface area contributed by atoms with Crippen LogP contribution in [0.1, 0.15) is 31.7 Å². The fourth-order valence-electron chi connectivity index (χ4n) is 4.73. The molecule has 1 saturated heterocycles. The van der Waals surface area contributed by atoms with Crippen LogP contribution in [0.4, 0.5) is 5.82 Å². The lowest BCUT2D eigenvalue weighted by Crippen LogP contribution is -2.23. The number of fused-ring (bicyclic) bond motifs is 1. The maximum atomic E-state index is 6.31. The van der Waals surface area contributed by atoms with Crippen molar-refractivity contribution in [2.45, 2.75) is 37.3 Å². The first kappa shape index (κ1) is 18.4. The van der Waals surface area contributed by atoms with Crippen molar-refractivity contribution in [3.8, 4) is 22.6 Å². The van der Waals surface area contributed by atoms with Gasteiger partial charge in [0, 0.05) is 17.8 Å². The fourth-order valence-corrected chi connectivity index (χ4v) is 4.73. The van der Waals surface area contributed by atoms with Gasteiger partial charge in [-0.3, -0.25) is 0 Å². The van der Waals surface area contributed by atoms with Crippen molar-refractivity contribution in [2.75, 3.05) is 12.3 Å². The lowest BCUT2D eigenvalue weighted by atomic mass is 9.86. The summed E-state index contributed by atoms with van der Waals surface area (Å²) in [4.78, 5) is 8.87. The van der Waals surface area contributed by atoms with Gasteiger partial charge >= 0.3 is 0 Å². The molecule has 1 spiro atoms. The Kier molecular flexibility index (Phi) is 4.21. The molecule has 1 saturated carbocycles. The van der Waals surface area contributed by atoms with Crippen LogP contribution in [0.3, 0.4) is 0 Å². The summed E-state index contributed by atoms with van der Waals surface area (Å²) in [5.41, 5.74) is 9.52. The fraction of sp³-hybridized carbons (Fsp3) is 0.280. The molecule has 2 aromatic heterocycles. The van der Waals surface area contributed by atoms with E-state index in [2.05, 4.69) is 32.9 Å². The third kappa shape index (κ3) is 3.33. The maximum absolute atomic E-state index is 6.31. The Morgan fingerprint density at radius 1 is 0.968 bits per heavy atom.